The lowest BCUT2D eigenvalue weighted by Gasteiger charge is -2.29. The van der Waals surface area contributed by atoms with Gasteiger partial charge in [-0.3, -0.25) is 4.98 Å². The lowest BCUT2D eigenvalue weighted by atomic mass is 9.82. The number of pyridine rings is 1. The molecule has 110 valence electrons. The lowest BCUT2D eigenvalue weighted by molar-refractivity contribution is 0.121. The van der Waals surface area contributed by atoms with E-state index in [2.05, 4.69) is 4.98 Å². The molecule has 1 N–H and O–H groups in total. The molecule has 3 aromatic rings. The van der Waals surface area contributed by atoms with Crippen LogP contribution in [0.3, 0.4) is 0 Å². The highest BCUT2D eigenvalue weighted by molar-refractivity contribution is 5.45. The maximum absolute atomic E-state index is 11.6. The van der Waals surface area contributed by atoms with Gasteiger partial charge in [-0.2, -0.15) is 0 Å². The first-order chi connectivity index (χ1) is 10.6. The van der Waals surface area contributed by atoms with Gasteiger partial charge in [0.25, 0.3) is 0 Å². The smallest absolute Gasteiger partial charge is 0.157 e. The van der Waals surface area contributed by atoms with Crippen molar-refractivity contribution in [2.24, 2.45) is 0 Å². The minimum absolute atomic E-state index is 0.646. The molecule has 1 heterocycles. The van der Waals surface area contributed by atoms with Gasteiger partial charge in [-0.05, 0) is 42.2 Å². The van der Waals surface area contributed by atoms with Crippen LogP contribution in [0.1, 0.15) is 27.9 Å². The van der Waals surface area contributed by atoms with Gasteiger partial charge in [0.1, 0.15) is 0 Å². The summed E-state index contributed by atoms with van der Waals surface area (Å²) in [5.74, 6) is 0. The van der Waals surface area contributed by atoms with Gasteiger partial charge in [-0.15, -0.1) is 0 Å². The Morgan fingerprint density at radius 1 is 0.773 bits per heavy atom. The molecule has 22 heavy (non-hydrogen) atoms. The van der Waals surface area contributed by atoms with Crippen molar-refractivity contribution in [3.05, 3.63) is 101 Å². The summed E-state index contributed by atoms with van der Waals surface area (Å²) in [7, 11) is 0. The second-order valence-corrected chi connectivity index (χ2v) is 5.60. The molecule has 0 unspecified atom stereocenters. The van der Waals surface area contributed by atoms with Crippen molar-refractivity contribution in [2.45, 2.75) is 19.4 Å². The van der Waals surface area contributed by atoms with Crippen molar-refractivity contribution in [2.75, 3.05) is 0 Å². The molecule has 0 aliphatic carbocycles. The van der Waals surface area contributed by atoms with Crippen LogP contribution in [0.4, 0.5) is 0 Å². The number of aromatic nitrogens is 1. The van der Waals surface area contributed by atoms with E-state index in [4.69, 9.17) is 0 Å². The van der Waals surface area contributed by atoms with Gasteiger partial charge in [0.15, 0.2) is 5.60 Å². The van der Waals surface area contributed by atoms with Crippen LogP contribution in [-0.4, -0.2) is 10.1 Å². The molecule has 0 fully saturated rings. The van der Waals surface area contributed by atoms with Crippen LogP contribution in [-0.2, 0) is 5.60 Å². The van der Waals surface area contributed by atoms with Gasteiger partial charge in [-0.1, -0.05) is 60.7 Å². The molecule has 0 saturated heterocycles. The summed E-state index contributed by atoms with van der Waals surface area (Å²) in [5.41, 5.74) is 3.27. The number of aryl methyl sites for hydroxylation is 2. The summed E-state index contributed by atoms with van der Waals surface area (Å²) in [6, 6.07) is 21.3. The Hall–Kier alpha value is -2.45. The van der Waals surface area contributed by atoms with Crippen LogP contribution in [0, 0.1) is 13.8 Å². The van der Waals surface area contributed by atoms with Crippen molar-refractivity contribution < 1.29 is 5.11 Å². The predicted molar refractivity (Wildman–Crippen MR) is 88.7 cm³/mol. The average Bonchev–Trinajstić information content (AvgIpc) is 2.58. The van der Waals surface area contributed by atoms with E-state index in [-0.39, 0.29) is 0 Å². The summed E-state index contributed by atoms with van der Waals surface area (Å²) in [4.78, 5) is 4.51. The highest BCUT2D eigenvalue weighted by atomic mass is 16.3. The van der Waals surface area contributed by atoms with E-state index >= 15 is 0 Å². The molecule has 0 amide bonds. The van der Waals surface area contributed by atoms with E-state index in [0.29, 0.717) is 5.69 Å². The topological polar surface area (TPSA) is 33.1 Å². The minimum atomic E-state index is -1.25. The third-order valence-electron chi connectivity index (χ3n) is 4.13. The molecule has 0 atom stereocenters. The van der Waals surface area contributed by atoms with E-state index in [0.717, 1.165) is 22.3 Å². The van der Waals surface area contributed by atoms with Crippen molar-refractivity contribution in [1.29, 1.82) is 0 Å². The highest BCUT2D eigenvalue weighted by Crippen LogP contribution is 2.35. The highest BCUT2D eigenvalue weighted by Gasteiger charge is 2.35. The fourth-order valence-corrected chi connectivity index (χ4v) is 2.64. The summed E-state index contributed by atoms with van der Waals surface area (Å²) in [6.45, 7) is 4.06. The van der Waals surface area contributed by atoms with Crippen molar-refractivity contribution in [3.63, 3.8) is 0 Å². The largest absolute Gasteiger partial charge is 0.374 e. The second-order valence-electron chi connectivity index (χ2n) is 5.60. The maximum atomic E-state index is 11.6. The monoisotopic (exact) mass is 289 g/mol. The first-order valence-electron chi connectivity index (χ1n) is 7.39. The molecule has 0 bridgehead atoms. The van der Waals surface area contributed by atoms with Crippen molar-refractivity contribution in [1.82, 2.24) is 4.98 Å². The van der Waals surface area contributed by atoms with Crippen LogP contribution < -0.4 is 0 Å². The Labute approximate surface area is 131 Å². The molecular formula is C20H19NO. The van der Waals surface area contributed by atoms with E-state index in [1.807, 2.05) is 86.8 Å². The molecule has 1 aromatic heterocycles. The van der Waals surface area contributed by atoms with Gasteiger partial charge in [0, 0.05) is 6.20 Å². The number of hydrogen-bond donors (Lipinski definition) is 1. The van der Waals surface area contributed by atoms with E-state index in [1.165, 1.54) is 0 Å². The van der Waals surface area contributed by atoms with Crippen LogP contribution in [0.2, 0.25) is 0 Å². The molecule has 3 rings (SSSR count). The van der Waals surface area contributed by atoms with Crippen LogP contribution in [0.25, 0.3) is 0 Å². The standard InChI is InChI=1S/C20H19NO/c1-15-13-19(21-14-16(15)2)20(22,17-9-5-3-6-10-17)18-11-7-4-8-12-18/h3-14,22H,1-2H3. The lowest BCUT2D eigenvalue weighted by Crippen LogP contribution is -2.30. The third-order valence-corrected chi connectivity index (χ3v) is 4.13. The quantitative estimate of drug-likeness (QED) is 0.791. The normalized spacial score (nSPS) is 11.4. The zero-order chi connectivity index (χ0) is 15.6. The van der Waals surface area contributed by atoms with E-state index in [1.54, 1.807) is 0 Å². The zero-order valence-electron chi connectivity index (χ0n) is 12.8. The number of rotatable bonds is 3. The van der Waals surface area contributed by atoms with Crippen LogP contribution in [0.5, 0.6) is 0 Å². The third kappa shape index (κ3) is 2.42. The molecule has 2 heteroatoms. The van der Waals surface area contributed by atoms with Gasteiger partial charge in [0.05, 0.1) is 5.69 Å². The number of aliphatic hydroxyl groups is 1. The number of hydrogen-bond acceptors (Lipinski definition) is 2. The molecule has 0 saturated carbocycles. The Balaban J connectivity index is 2.26. The SMILES string of the molecule is Cc1cnc(C(O)(c2ccccc2)c2ccccc2)cc1C. The van der Waals surface area contributed by atoms with Gasteiger partial charge >= 0.3 is 0 Å². The summed E-state index contributed by atoms with van der Waals surface area (Å²) < 4.78 is 0. The summed E-state index contributed by atoms with van der Waals surface area (Å²) in [6.07, 6.45) is 1.82. The van der Waals surface area contributed by atoms with Crippen molar-refractivity contribution >= 4 is 0 Å². The van der Waals surface area contributed by atoms with Gasteiger partial charge < -0.3 is 5.11 Å². The Morgan fingerprint density at radius 2 is 1.27 bits per heavy atom. The first-order valence-corrected chi connectivity index (χ1v) is 7.39. The predicted octanol–water partition coefficient (Wildman–Crippen LogP) is 3.98. The van der Waals surface area contributed by atoms with E-state index < -0.39 is 5.60 Å². The molecule has 0 spiro atoms. The van der Waals surface area contributed by atoms with Crippen LogP contribution in [0.15, 0.2) is 72.9 Å². The average molecular weight is 289 g/mol. The van der Waals surface area contributed by atoms with Gasteiger partial charge in [-0.25, -0.2) is 0 Å². The molecule has 0 aliphatic rings. The first kappa shape index (κ1) is 14.5. The van der Waals surface area contributed by atoms with Crippen LogP contribution >= 0.6 is 0 Å². The maximum Gasteiger partial charge on any atom is 0.157 e. The Bertz CT molecular complexity index is 727. The number of nitrogens with zero attached hydrogens (tertiary/aromatic N) is 1. The van der Waals surface area contributed by atoms with E-state index in [9.17, 15) is 5.11 Å². The molecule has 0 radical (unpaired) electrons. The van der Waals surface area contributed by atoms with Crippen molar-refractivity contribution in [3.8, 4) is 0 Å². The summed E-state index contributed by atoms with van der Waals surface area (Å²) in [5, 5.41) is 11.6. The van der Waals surface area contributed by atoms with Gasteiger partial charge in [0.2, 0.25) is 0 Å². The zero-order valence-corrected chi connectivity index (χ0v) is 12.8. The fraction of sp³-hybridized carbons (Fsp3) is 0.150. The molecule has 0 aliphatic heterocycles. The number of benzene rings is 2. The Morgan fingerprint density at radius 3 is 1.73 bits per heavy atom. The molecular weight excluding hydrogens is 270 g/mol. The molecule has 2 aromatic carbocycles. The molecule has 2 nitrogen and oxygen atoms in total. The second kappa shape index (κ2) is 5.74. The summed E-state index contributed by atoms with van der Waals surface area (Å²) >= 11 is 0. The fourth-order valence-electron chi connectivity index (χ4n) is 2.64. The minimum Gasteiger partial charge on any atom is -0.374 e. The Kier molecular flexibility index (Phi) is 3.78.